The van der Waals surface area contributed by atoms with E-state index in [1.54, 1.807) is 10.9 Å². The minimum atomic E-state index is 0.0338. The monoisotopic (exact) mass is 245 g/mol. The van der Waals surface area contributed by atoms with Gasteiger partial charge < -0.3 is 5.32 Å². The molecule has 0 bridgehead atoms. The van der Waals surface area contributed by atoms with E-state index in [-0.39, 0.29) is 5.56 Å². The highest BCUT2D eigenvalue weighted by Gasteiger charge is 2.03. The molecule has 4 heteroatoms. The van der Waals surface area contributed by atoms with Gasteiger partial charge in [0, 0.05) is 19.1 Å². The largest absolute Gasteiger partial charge is 0.312 e. The lowest BCUT2D eigenvalue weighted by molar-refractivity contribution is 0.499. The number of para-hydroxylation sites is 1. The van der Waals surface area contributed by atoms with E-state index in [2.05, 4.69) is 24.1 Å². The number of hydrogen-bond donors (Lipinski definition) is 1. The fourth-order valence-electron chi connectivity index (χ4n) is 1.84. The van der Waals surface area contributed by atoms with Crippen molar-refractivity contribution in [3.63, 3.8) is 0 Å². The van der Waals surface area contributed by atoms with E-state index < -0.39 is 0 Å². The average Bonchev–Trinajstić information content (AvgIpc) is 2.41. The summed E-state index contributed by atoms with van der Waals surface area (Å²) in [7, 11) is 0. The number of benzene rings is 1. The molecular weight excluding hydrogens is 226 g/mol. The van der Waals surface area contributed by atoms with Crippen molar-refractivity contribution in [1.29, 1.82) is 0 Å². The van der Waals surface area contributed by atoms with E-state index in [0.717, 1.165) is 18.5 Å². The smallest absolute Gasteiger partial charge is 0.261 e. The topological polar surface area (TPSA) is 46.9 Å². The fraction of sp³-hybridized carbons (Fsp3) is 0.429. The van der Waals surface area contributed by atoms with Gasteiger partial charge in [0.25, 0.3) is 5.56 Å². The number of fused-ring (bicyclic) bond motifs is 1. The number of nitrogens with one attached hydrogen (secondary N) is 1. The molecule has 0 saturated carbocycles. The third-order valence-electron chi connectivity index (χ3n) is 3.19. The SMILES string of the molecule is CCC(C)NCCn1cnc2ccccc2c1=O. The van der Waals surface area contributed by atoms with Gasteiger partial charge in [0.1, 0.15) is 0 Å². The van der Waals surface area contributed by atoms with Crippen molar-refractivity contribution in [2.24, 2.45) is 0 Å². The fourth-order valence-corrected chi connectivity index (χ4v) is 1.84. The van der Waals surface area contributed by atoms with E-state index >= 15 is 0 Å². The maximum Gasteiger partial charge on any atom is 0.261 e. The Balaban J connectivity index is 2.14. The van der Waals surface area contributed by atoms with Crippen molar-refractivity contribution < 1.29 is 0 Å². The van der Waals surface area contributed by atoms with Gasteiger partial charge in [0.2, 0.25) is 0 Å². The van der Waals surface area contributed by atoms with Gasteiger partial charge >= 0.3 is 0 Å². The predicted molar refractivity (Wildman–Crippen MR) is 73.8 cm³/mol. The van der Waals surface area contributed by atoms with Crippen LogP contribution in [0.1, 0.15) is 20.3 Å². The molecule has 96 valence electrons. The van der Waals surface area contributed by atoms with E-state index in [9.17, 15) is 4.79 Å². The van der Waals surface area contributed by atoms with Crippen LogP contribution >= 0.6 is 0 Å². The lowest BCUT2D eigenvalue weighted by atomic mass is 10.2. The van der Waals surface area contributed by atoms with Crippen LogP contribution in [0.4, 0.5) is 0 Å². The van der Waals surface area contributed by atoms with Crippen molar-refractivity contribution in [2.75, 3.05) is 6.54 Å². The Morgan fingerprint density at radius 2 is 2.17 bits per heavy atom. The van der Waals surface area contributed by atoms with Gasteiger partial charge in [-0.3, -0.25) is 9.36 Å². The second-order valence-electron chi connectivity index (χ2n) is 4.52. The lowest BCUT2D eigenvalue weighted by Gasteiger charge is -2.12. The van der Waals surface area contributed by atoms with Gasteiger partial charge in [-0.25, -0.2) is 4.98 Å². The molecule has 1 N–H and O–H groups in total. The zero-order chi connectivity index (χ0) is 13.0. The zero-order valence-corrected chi connectivity index (χ0v) is 10.9. The van der Waals surface area contributed by atoms with Crippen LogP contribution < -0.4 is 10.9 Å². The molecule has 1 aromatic heterocycles. The highest BCUT2D eigenvalue weighted by Crippen LogP contribution is 2.04. The van der Waals surface area contributed by atoms with E-state index in [1.807, 2.05) is 24.3 Å². The van der Waals surface area contributed by atoms with Crippen molar-refractivity contribution in [1.82, 2.24) is 14.9 Å². The van der Waals surface area contributed by atoms with Gasteiger partial charge in [-0.1, -0.05) is 19.1 Å². The molecule has 0 aliphatic carbocycles. The van der Waals surface area contributed by atoms with Crippen molar-refractivity contribution >= 4 is 10.9 Å². The normalized spacial score (nSPS) is 12.8. The van der Waals surface area contributed by atoms with E-state index in [1.165, 1.54) is 0 Å². The Hall–Kier alpha value is -1.68. The van der Waals surface area contributed by atoms with Gasteiger partial charge in [-0.2, -0.15) is 0 Å². The van der Waals surface area contributed by atoms with Gasteiger partial charge in [0.15, 0.2) is 0 Å². The Labute approximate surface area is 107 Å². The predicted octanol–water partition coefficient (Wildman–Crippen LogP) is 1.78. The standard InChI is InChI=1S/C14H19N3O/c1-3-11(2)15-8-9-17-10-16-13-7-5-4-6-12(13)14(17)18/h4-7,10-11,15H,3,8-9H2,1-2H3. The van der Waals surface area contributed by atoms with Crippen LogP contribution in [0.25, 0.3) is 10.9 Å². The molecule has 0 aliphatic rings. The Bertz CT molecular complexity index is 577. The quantitative estimate of drug-likeness (QED) is 0.873. The van der Waals surface area contributed by atoms with Crippen LogP contribution in [0, 0.1) is 0 Å². The molecule has 1 heterocycles. The summed E-state index contributed by atoms with van der Waals surface area (Å²) < 4.78 is 1.66. The second kappa shape index (κ2) is 5.78. The third kappa shape index (κ3) is 2.76. The van der Waals surface area contributed by atoms with Crippen LogP contribution in [-0.4, -0.2) is 22.1 Å². The summed E-state index contributed by atoms with van der Waals surface area (Å²) in [5.41, 5.74) is 0.792. The highest BCUT2D eigenvalue weighted by atomic mass is 16.1. The third-order valence-corrected chi connectivity index (χ3v) is 3.19. The molecule has 0 radical (unpaired) electrons. The highest BCUT2D eigenvalue weighted by molar-refractivity contribution is 5.76. The molecule has 0 saturated heterocycles. The molecule has 0 amide bonds. The molecule has 1 unspecified atom stereocenters. The van der Waals surface area contributed by atoms with Crippen LogP contribution in [0.5, 0.6) is 0 Å². The summed E-state index contributed by atoms with van der Waals surface area (Å²) >= 11 is 0. The van der Waals surface area contributed by atoms with Crippen LogP contribution in [0.3, 0.4) is 0 Å². The maximum atomic E-state index is 12.2. The first-order valence-corrected chi connectivity index (χ1v) is 6.40. The summed E-state index contributed by atoms with van der Waals surface area (Å²) in [5.74, 6) is 0. The molecule has 18 heavy (non-hydrogen) atoms. The first kappa shape index (κ1) is 12.8. The molecule has 1 aromatic carbocycles. The Kier molecular flexibility index (Phi) is 4.10. The molecule has 0 aliphatic heterocycles. The summed E-state index contributed by atoms with van der Waals surface area (Å²) in [6.45, 7) is 5.72. The van der Waals surface area contributed by atoms with E-state index in [0.29, 0.717) is 18.0 Å². The molecule has 0 spiro atoms. The van der Waals surface area contributed by atoms with Crippen molar-refractivity contribution in [3.05, 3.63) is 40.9 Å². The number of hydrogen-bond acceptors (Lipinski definition) is 3. The molecular formula is C14H19N3O. The van der Waals surface area contributed by atoms with Crippen molar-refractivity contribution in [3.8, 4) is 0 Å². The number of rotatable bonds is 5. The zero-order valence-electron chi connectivity index (χ0n) is 10.9. The minimum absolute atomic E-state index is 0.0338. The van der Waals surface area contributed by atoms with Crippen LogP contribution in [0.15, 0.2) is 35.4 Å². The van der Waals surface area contributed by atoms with Crippen LogP contribution in [-0.2, 0) is 6.54 Å². The summed E-state index contributed by atoms with van der Waals surface area (Å²) in [6, 6.07) is 7.92. The van der Waals surface area contributed by atoms with Crippen LogP contribution in [0.2, 0.25) is 0 Å². The van der Waals surface area contributed by atoms with Gasteiger partial charge in [-0.15, -0.1) is 0 Å². The van der Waals surface area contributed by atoms with Crippen molar-refractivity contribution in [2.45, 2.75) is 32.9 Å². The summed E-state index contributed by atoms with van der Waals surface area (Å²) in [4.78, 5) is 16.5. The minimum Gasteiger partial charge on any atom is -0.312 e. The van der Waals surface area contributed by atoms with E-state index in [4.69, 9.17) is 0 Å². The molecule has 1 atom stereocenters. The molecule has 2 aromatic rings. The molecule has 0 fully saturated rings. The molecule has 4 nitrogen and oxygen atoms in total. The molecule has 2 rings (SSSR count). The summed E-state index contributed by atoms with van der Waals surface area (Å²) in [6.07, 6.45) is 2.72. The number of nitrogens with zero attached hydrogens (tertiary/aromatic N) is 2. The number of aromatic nitrogens is 2. The average molecular weight is 245 g/mol. The first-order valence-electron chi connectivity index (χ1n) is 6.40. The van der Waals surface area contributed by atoms with Gasteiger partial charge in [0.05, 0.1) is 17.2 Å². The second-order valence-corrected chi connectivity index (χ2v) is 4.52. The Morgan fingerprint density at radius 3 is 2.94 bits per heavy atom. The first-order chi connectivity index (χ1) is 8.72. The lowest BCUT2D eigenvalue weighted by Crippen LogP contribution is -2.32. The maximum absolute atomic E-state index is 12.2. The Morgan fingerprint density at radius 1 is 1.39 bits per heavy atom. The summed E-state index contributed by atoms with van der Waals surface area (Å²) in [5, 5.41) is 4.05. The van der Waals surface area contributed by atoms with Gasteiger partial charge in [-0.05, 0) is 25.5 Å².